The molecule has 0 spiro atoms. The fourth-order valence-electron chi connectivity index (χ4n) is 3.13. The second-order valence-corrected chi connectivity index (χ2v) is 6.83. The lowest BCUT2D eigenvalue weighted by atomic mass is 10.1. The molecule has 0 amide bonds. The summed E-state index contributed by atoms with van der Waals surface area (Å²) >= 11 is 0. The lowest BCUT2D eigenvalue weighted by molar-refractivity contribution is 0.238. The zero-order valence-corrected chi connectivity index (χ0v) is 16.8. The van der Waals surface area contributed by atoms with Gasteiger partial charge in [0.15, 0.2) is 11.5 Å². The summed E-state index contributed by atoms with van der Waals surface area (Å²) in [6.07, 6.45) is 10.2. The van der Waals surface area contributed by atoms with E-state index in [-0.39, 0.29) is 6.04 Å². The van der Waals surface area contributed by atoms with Gasteiger partial charge in [-0.05, 0) is 38.1 Å². The van der Waals surface area contributed by atoms with Crippen molar-refractivity contribution in [1.82, 2.24) is 19.4 Å². The summed E-state index contributed by atoms with van der Waals surface area (Å²) in [7, 11) is 3.79. The van der Waals surface area contributed by atoms with Crippen LogP contribution in [0.25, 0.3) is 0 Å². The monoisotopic (exact) mass is 380 g/mol. The quantitative estimate of drug-likeness (QED) is 0.499. The maximum Gasteiger partial charge on any atom is 0.165 e. The number of rotatable bonds is 10. The average molecular weight is 380 g/mol. The molecule has 1 aromatic carbocycles. The second kappa shape index (κ2) is 9.90. The van der Waals surface area contributed by atoms with E-state index in [1.165, 1.54) is 5.56 Å². The first-order valence-corrected chi connectivity index (χ1v) is 9.53. The van der Waals surface area contributed by atoms with Crippen molar-refractivity contribution in [1.29, 1.82) is 0 Å². The Balaban J connectivity index is 1.66. The number of para-hydroxylation sites is 1. The molecule has 6 heteroatoms. The number of methoxy groups -OCH3 is 1. The van der Waals surface area contributed by atoms with Crippen molar-refractivity contribution >= 4 is 0 Å². The van der Waals surface area contributed by atoms with E-state index in [1.54, 1.807) is 19.5 Å². The van der Waals surface area contributed by atoms with E-state index in [4.69, 9.17) is 9.47 Å². The van der Waals surface area contributed by atoms with Crippen LogP contribution in [-0.4, -0.2) is 40.2 Å². The van der Waals surface area contributed by atoms with Crippen LogP contribution in [0.2, 0.25) is 0 Å². The summed E-state index contributed by atoms with van der Waals surface area (Å²) < 4.78 is 13.7. The normalized spacial score (nSPS) is 12.1. The molecule has 3 aromatic rings. The number of aromatic nitrogens is 3. The Kier molecular flexibility index (Phi) is 7.03. The van der Waals surface area contributed by atoms with E-state index in [0.717, 1.165) is 36.6 Å². The molecule has 3 rings (SSSR count). The van der Waals surface area contributed by atoms with Crippen LogP contribution in [0.3, 0.4) is 0 Å². The molecule has 148 valence electrons. The fourth-order valence-corrected chi connectivity index (χ4v) is 3.13. The molecule has 0 radical (unpaired) electrons. The van der Waals surface area contributed by atoms with E-state index in [2.05, 4.69) is 45.5 Å². The third-order valence-corrected chi connectivity index (χ3v) is 4.89. The maximum atomic E-state index is 6.15. The second-order valence-electron chi connectivity index (χ2n) is 6.83. The molecule has 1 atom stereocenters. The smallest absolute Gasteiger partial charge is 0.165 e. The van der Waals surface area contributed by atoms with Crippen LogP contribution in [0.15, 0.2) is 61.4 Å². The molecule has 0 bridgehead atoms. The summed E-state index contributed by atoms with van der Waals surface area (Å²) in [5, 5.41) is 0. The van der Waals surface area contributed by atoms with E-state index >= 15 is 0 Å². The van der Waals surface area contributed by atoms with Crippen molar-refractivity contribution in [3.63, 3.8) is 0 Å². The molecule has 2 heterocycles. The van der Waals surface area contributed by atoms with Crippen molar-refractivity contribution in [2.24, 2.45) is 0 Å². The average Bonchev–Trinajstić information content (AvgIpc) is 3.25. The number of ether oxygens (including phenoxy) is 2. The van der Waals surface area contributed by atoms with Crippen molar-refractivity contribution in [3.05, 3.63) is 72.6 Å². The van der Waals surface area contributed by atoms with Crippen LogP contribution in [0, 0.1) is 0 Å². The summed E-state index contributed by atoms with van der Waals surface area (Å²) in [6.45, 7) is 4.43. The zero-order valence-electron chi connectivity index (χ0n) is 16.8. The van der Waals surface area contributed by atoms with Gasteiger partial charge in [0.1, 0.15) is 0 Å². The summed E-state index contributed by atoms with van der Waals surface area (Å²) in [5.74, 6) is 1.59. The molecular formula is C22H28N4O2. The van der Waals surface area contributed by atoms with Gasteiger partial charge >= 0.3 is 0 Å². The van der Waals surface area contributed by atoms with Gasteiger partial charge in [-0.2, -0.15) is 0 Å². The molecule has 0 fully saturated rings. The van der Waals surface area contributed by atoms with Gasteiger partial charge in [-0.1, -0.05) is 18.2 Å². The molecule has 0 N–H and O–H groups in total. The van der Waals surface area contributed by atoms with Crippen LogP contribution >= 0.6 is 0 Å². The first kappa shape index (κ1) is 19.9. The first-order chi connectivity index (χ1) is 13.7. The highest BCUT2D eigenvalue weighted by Gasteiger charge is 2.17. The highest BCUT2D eigenvalue weighted by Crippen LogP contribution is 2.33. The Morgan fingerprint density at radius 2 is 2.04 bits per heavy atom. The topological polar surface area (TPSA) is 52.4 Å². The van der Waals surface area contributed by atoms with Crippen LogP contribution in [0.5, 0.6) is 11.5 Å². The van der Waals surface area contributed by atoms with Crippen LogP contribution < -0.4 is 9.47 Å². The number of aryl methyl sites for hydroxylation is 1. The lowest BCUT2D eigenvalue weighted by Gasteiger charge is -2.26. The van der Waals surface area contributed by atoms with Crippen LogP contribution in [0.1, 0.15) is 30.5 Å². The van der Waals surface area contributed by atoms with Gasteiger partial charge < -0.3 is 14.0 Å². The maximum absolute atomic E-state index is 6.15. The third kappa shape index (κ3) is 5.10. The Bertz CT molecular complexity index is 837. The summed E-state index contributed by atoms with van der Waals surface area (Å²) in [4.78, 5) is 10.6. The van der Waals surface area contributed by atoms with Crippen LogP contribution in [0.4, 0.5) is 0 Å². The van der Waals surface area contributed by atoms with Gasteiger partial charge in [-0.15, -0.1) is 0 Å². The van der Waals surface area contributed by atoms with Gasteiger partial charge in [0.25, 0.3) is 0 Å². The van der Waals surface area contributed by atoms with E-state index in [0.29, 0.717) is 6.61 Å². The summed E-state index contributed by atoms with van der Waals surface area (Å²) in [6, 6.07) is 10.4. The number of hydrogen-bond acceptors (Lipinski definition) is 5. The zero-order chi connectivity index (χ0) is 19.8. The molecule has 0 saturated carbocycles. The molecular weight excluding hydrogens is 352 g/mol. The van der Waals surface area contributed by atoms with Crippen molar-refractivity contribution in [2.45, 2.75) is 32.5 Å². The van der Waals surface area contributed by atoms with Crippen molar-refractivity contribution in [2.75, 3.05) is 20.8 Å². The number of benzene rings is 1. The van der Waals surface area contributed by atoms with Gasteiger partial charge in [0.05, 0.1) is 20.0 Å². The Morgan fingerprint density at radius 3 is 2.75 bits per heavy atom. The highest BCUT2D eigenvalue weighted by molar-refractivity contribution is 5.46. The molecule has 2 aromatic heterocycles. The minimum atomic E-state index is 0.244. The largest absolute Gasteiger partial charge is 0.493 e. The molecule has 0 saturated heterocycles. The van der Waals surface area contributed by atoms with Gasteiger partial charge in [0, 0.05) is 49.5 Å². The third-order valence-electron chi connectivity index (χ3n) is 4.89. The predicted octanol–water partition coefficient (Wildman–Crippen LogP) is 3.95. The van der Waals surface area contributed by atoms with Crippen LogP contribution in [-0.2, 0) is 13.1 Å². The van der Waals surface area contributed by atoms with E-state index in [9.17, 15) is 0 Å². The molecule has 6 nitrogen and oxygen atoms in total. The van der Waals surface area contributed by atoms with Crippen molar-refractivity contribution < 1.29 is 9.47 Å². The lowest BCUT2D eigenvalue weighted by Crippen LogP contribution is -2.22. The molecule has 0 unspecified atom stereocenters. The predicted molar refractivity (Wildman–Crippen MR) is 109 cm³/mol. The number of nitrogens with zero attached hydrogens (tertiary/aromatic N) is 4. The first-order valence-electron chi connectivity index (χ1n) is 9.53. The van der Waals surface area contributed by atoms with E-state index < -0.39 is 0 Å². The number of pyridine rings is 1. The molecule has 28 heavy (non-hydrogen) atoms. The Morgan fingerprint density at radius 1 is 1.14 bits per heavy atom. The van der Waals surface area contributed by atoms with Gasteiger partial charge in [-0.3, -0.25) is 9.88 Å². The molecule has 0 aliphatic heterocycles. The molecule has 0 aliphatic carbocycles. The van der Waals surface area contributed by atoms with E-state index in [1.807, 2.05) is 36.9 Å². The number of hydrogen-bond donors (Lipinski definition) is 0. The molecule has 0 aliphatic rings. The standard InChI is InChI=1S/C22H28N4O2/c1-18(19-8-5-10-23-15-19)25(2)16-20-7-4-9-21(27-3)22(20)28-14-6-12-26-13-11-24-17-26/h4-5,7-11,13,15,17-18H,6,12,14,16H2,1-3H3/t18-/m0/s1. The SMILES string of the molecule is COc1cccc(CN(C)[C@@H](C)c2cccnc2)c1OCCCn1ccnc1. The highest BCUT2D eigenvalue weighted by atomic mass is 16.5. The Labute approximate surface area is 166 Å². The summed E-state index contributed by atoms with van der Waals surface area (Å²) in [5.41, 5.74) is 2.30. The van der Waals surface area contributed by atoms with Gasteiger partial charge in [0.2, 0.25) is 0 Å². The minimum Gasteiger partial charge on any atom is -0.493 e. The Hall–Kier alpha value is -2.86. The fraction of sp³-hybridized carbons (Fsp3) is 0.364. The number of imidazole rings is 1. The van der Waals surface area contributed by atoms with Gasteiger partial charge in [-0.25, -0.2) is 4.98 Å². The minimum absolute atomic E-state index is 0.244. The van der Waals surface area contributed by atoms with Crippen molar-refractivity contribution in [3.8, 4) is 11.5 Å².